The third-order valence-corrected chi connectivity index (χ3v) is 3.39. The van der Waals surface area contributed by atoms with E-state index in [9.17, 15) is 0 Å². The zero-order valence-electron chi connectivity index (χ0n) is 6.09. The molecular weight excluding hydrogens is 132 g/mol. The molecule has 0 saturated carbocycles. The highest BCUT2D eigenvalue weighted by Crippen LogP contribution is 2.30. The van der Waals surface area contributed by atoms with Crippen molar-refractivity contribution in [3.63, 3.8) is 0 Å². The zero-order chi connectivity index (χ0) is 6.69. The summed E-state index contributed by atoms with van der Waals surface area (Å²) in [6, 6.07) is 0. The predicted octanol–water partition coefficient (Wildman–Crippen LogP) is 1.92. The minimum absolute atomic E-state index is 0.542. The molecule has 2 heteroatoms. The Morgan fingerprint density at radius 1 is 1.67 bits per heavy atom. The molecule has 1 fully saturated rings. The average Bonchev–Trinajstić information content (AvgIpc) is 2.33. The van der Waals surface area contributed by atoms with E-state index >= 15 is 0 Å². The second kappa shape index (κ2) is 3.47. The number of thioether (sulfide) groups is 1. The van der Waals surface area contributed by atoms with Gasteiger partial charge in [0.25, 0.3) is 0 Å². The average molecular weight is 146 g/mol. The predicted molar refractivity (Wildman–Crippen MR) is 42.0 cm³/mol. The molecule has 1 heterocycles. The number of hydrogen-bond acceptors (Lipinski definition) is 2. The molecule has 0 aromatic rings. The number of rotatable bonds is 2. The lowest BCUT2D eigenvalue weighted by Gasteiger charge is -2.13. The van der Waals surface area contributed by atoms with Crippen LogP contribution in [-0.2, 0) is 4.74 Å². The fourth-order valence-corrected chi connectivity index (χ4v) is 2.65. The molecule has 0 bridgehead atoms. The van der Waals surface area contributed by atoms with Crippen molar-refractivity contribution in [2.75, 3.05) is 12.9 Å². The van der Waals surface area contributed by atoms with Crippen LogP contribution in [0.3, 0.4) is 0 Å². The molecule has 2 atom stereocenters. The standard InChI is InChI=1S/C7H14OS/c1-3-7-6(8-2)4-5-9-7/h6-7H,3-5H2,1-2H3. The number of ether oxygens (including phenoxy) is 1. The number of methoxy groups -OCH3 is 1. The van der Waals surface area contributed by atoms with Gasteiger partial charge in [0.1, 0.15) is 0 Å². The molecular formula is C7H14OS. The van der Waals surface area contributed by atoms with E-state index in [-0.39, 0.29) is 0 Å². The molecule has 0 aliphatic carbocycles. The van der Waals surface area contributed by atoms with Gasteiger partial charge in [-0.25, -0.2) is 0 Å². The van der Waals surface area contributed by atoms with Crippen LogP contribution >= 0.6 is 11.8 Å². The van der Waals surface area contributed by atoms with Gasteiger partial charge in [-0.1, -0.05) is 6.92 Å². The van der Waals surface area contributed by atoms with Crippen molar-refractivity contribution in [2.45, 2.75) is 31.1 Å². The summed E-state index contributed by atoms with van der Waals surface area (Å²) < 4.78 is 5.29. The summed E-state index contributed by atoms with van der Waals surface area (Å²) in [6.07, 6.45) is 3.04. The molecule has 1 aliphatic heterocycles. The zero-order valence-corrected chi connectivity index (χ0v) is 6.91. The Labute approximate surface area is 61.2 Å². The molecule has 2 unspecified atom stereocenters. The summed E-state index contributed by atoms with van der Waals surface area (Å²) in [5.74, 6) is 1.29. The normalized spacial score (nSPS) is 35.3. The van der Waals surface area contributed by atoms with E-state index in [4.69, 9.17) is 4.74 Å². The lowest BCUT2D eigenvalue weighted by Crippen LogP contribution is -2.18. The van der Waals surface area contributed by atoms with E-state index in [1.165, 1.54) is 18.6 Å². The van der Waals surface area contributed by atoms with Gasteiger partial charge < -0.3 is 4.74 Å². The second-order valence-electron chi connectivity index (χ2n) is 2.38. The molecule has 0 N–H and O–H groups in total. The summed E-state index contributed by atoms with van der Waals surface area (Å²) in [6.45, 7) is 2.23. The van der Waals surface area contributed by atoms with Gasteiger partial charge >= 0.3 is 0 Å². The maximum atomic E-state index is 5.29. The Kier molecular flexibility index (Phi) is 2.86. The van der Waals surface area contributed by atoms with Crippen LogP contribution in [-0.4, -0.2) is 24.2 Å². The highest BCUT2D eigenvalue weighted by atomic mass is 32.2. The van der Waals surface area contributed by atoms with Gasteiger partial charge in [-0.3, -0.25) is 0 Å². The van der Waals surface area contributed by atoms with Crippen molar-refractivity contribution in [3.05, 3.63) is 0 Å². The van der Waals surface area contributed by atoms with Gasteiger partial charge in [-0.2, -0.15) is 11.8 Å². The van der Waals surface area contributed by atoms with Crippen molar-refractivity contribution >= 4 is 11.8 Å². The van der Waals surface area contributed by atoms with Crippen LogP contribution in [0.1, 0.15) is 19.8 Å². The molecule has 1 nitrogen and oxygen atoms in total. The molecule has 0 aromatic heterocycles. The maximum absolute atomic E-state index is 5.29. The Morgan fingerprint density at radius 2 is 2.44 bits per heavy atom. The smallest absolute Gasteiger partial charge is 0.0697 e. The molecule has 9 heavy (non-hydrogen) atoms. The topological polar surface area (TPSA) is 9.23 Å². The second-order valence-corrected chi connectivity index (χ2v) is 3.73. The van der Waals surface area contributed by atoms with Gasteiger partial charge in [0.05, 0.1) is 6.10 Å². The first-order valence-electron chi connectivity index (χ1n) is 3.53. The molecule has 0 radical (unpaired) electrons. The lowest BCUT2D eigenvalue weighted by molar-refractivity contribution is 0.103. The Morgan fingerprint density at radius 3 is 2.89 bits per heavy atom. The highest BCUT2D eigenvalue weighted by Gasteiger charge is 2.25. The summed E-state index contributed by atoms with van der Waals surface area (Å²) in [7, 11) is 1.82. The quantitative estimate of drug-likeness (QED) is 0.588. The Hall–Kier alpha value is 0.310. The molecule has 1 rings (SSSR count). The first kappa shape index (κ1) is 7.42. The van der Waals surface area contributed by atoms with Gasteiger partial charge in [-0.15, -0.1) is 0 Å². The lowest BCUT2D eigenvalue weighted by atomic mass is 10.2. The molecule has 1 aliphatic rings. The van der Waals surface area contributed by atoms with Crippen molar-refractivity contribution < 1.29 is 4.74 Å². The van der Waals surface area contributed by atoms with E-state index in [2.05, 4.69) is 18.7 Å². The largest absolute Gasteiger partial charge is 0.380 e. The van der Waals surface area contributed by atoms with Crippen molar-refractivity contribution in [1.29, 1.82) is 0 Å². The van der Waals surface area contributed by atoms with Gasteiger partial charge in [0, 0.05) is 12.4 Å². The van der Waals surface area contributed by atoms with Crippen LogP contribution in [0.2, 0.25) is 0 Å². The van der Waals surface area contributed by atoms with Crippen molar-refractivity contribution in [1.82, 2.24) is 0 Å². The first-order valence-corrected chi connectivity index (χ1v) is 4.57. The van der Waals surface area contributed by atoms with E-state index in [0.29, 0.717) is 6.10 Å². The van der Waals surface area contributed by atoms with E-state index in [0.717, 1.165) is 5.25 Å². The van der Waals surface area contributed by atoms with Crippen LogP contribution < -0.4 is 0 Å². The molecule has 0 amide bonds. The molecule has 54 valence electrons. The summed E-state index contributed by atoms with van der Waals surface area (Å²) in [4.78, 5) is 0. The molecule has 0 spiro atoms. The Balaban J connectivity index is 2.32. The van der Waals surface area contributed by atoms with E-state index < -0.39 is 0 Å². The molecule has 1 saturated heterocycles. The third kappa shape index (κ3) is 1.62. The van der Waals surface area contributed by atoms with Crippen LogP contribution in [0.15, 0.2) is 0 Å². The van der Waals surface area contributed by atoms with E-state index in [1.54, 1.807) is 0 Å². The van der Waals surface area contributed by atoms with Gasteiger partial charge in [0.15, 0.2) is 0 Å². The van der Waals surface area contributed by atoms with Crippen molar-refractivity contribution in [2.24, 2.45) is 0 Å². The number of hydrogen-bond donors (Lipinski definition) is 0. The van der Waals surface area contributed by atoms with Crippen LogP contribution in [0.4, 0.5) is 0 Å². The monoisotopic (exact) mass is 146 g/mol. The highest BCUT2D eigenvalue weighted by molar-refractivity contribution is 8.00. The fraction of sp³-hybridized carbons (Fsp3) is 1.00. The third-order valence-electron chi connectivity index (χ3n) is 1.85. The maximum Gasteiger partial charge on any atom is 0.0697 e. The van der Waals surface area contributed by atoms with Gasteiger partial charge in [-0.05, 0) is 18.6 Å². The summed E-state index contributed by atoms with van der Waals surface area (Å²) in [5, 5.41) is 0.773. The van der Waals surface area contributed by atoms with E-state index in [1.807, 2.05) is 7.11 Å². The SMILES string of the molecule is CCC1SCCC1OC. The van der Waals surface area contributed by atoms with Crippen LogP contribution in [0.25, 0.3) is 0 Å². The minimum atomic E-state index is 0.542. The fourth-order valence-electron chi connectivity index (χ4n) is 1.28. The minimum Gasteiger partial charge on any atom is -0.380 e. The Bertz CT molecular complexity index is 75.0. The first-order chi connectivity index (χ1) is 4.38. The van der Waals surface area contributed by atoms with Gasteiger partial charge in [0.2, 0.25) is 0 Å². The van der Waals surface area contributed by atoms with Crippen LogP contribution in [0, 0.1) is 0 Å². The summed E-state index contributed by atoms with van der Waals surface area (Å²) in [5.41, 5.74) is 0. The molecule has 0 aromatic carbocycles. The van der Waals surface area contributed by atoms with Crippen LogP contribution in [0.5, 0.6) is 0 Å². The summed E-state index contributed by atoms with van der Waals surface area (Å²) >= 11 is 2.05. The van der Waals surface area contributed by atoms with Crippen molar-refractivity contribution in [3.8, 4) is 0 Å².